The Morgan fingerprint density at radius 3 is 2.78 bits per heavy atom. The van der Waals surface area contributed by atoms with Gasteiger partial charge in [0, 0.05) is 25.2 Å². The Hall–Kier alpha value is -1.63. The third kappa shape index (κ3) is 4.22. The Morgan fingerprint density at radius 2 is 2.00 bits per heavy atom. The van der Waals surface area contributed by atoms with Gasteiger partial charge in [0.1, 0.15) is 0 Å². The second-order valence-electron chi connectivity index (χ2n) is 6.18. The second-order valence-corrected chi connectivity index (χ2v) is 6.52. The number of likely N-dealkylation sites (tertiary alicyclic amines) is 1. The Balaban J connectivity index is 1.55. The minimum atomic E-state index is -0.516. The van der Waals surface area contributed by atoms with Gasteiger partial charge < -0.3 is 15.5 Å². The third-order valence-electron chi connectivity index (χ3n) is 4.45. The summed E-state index contributed by atoms with van der Waals surface area (Å²) in [4.78, 5) is 21.5. The maximum Gasteiger partial charge on any atom is 0.317 e. The number of carbonyl (C=O) groups excluding carboxylic acids is 1. The van der Waals surface area contributed by atoms with Crippen molar-refractivity contribution in [1.29, 1.82) is 0 Å². The Bertz CT molecular complexity index is 567. The van der Waals surface area contributed by atoms with Gasteiger partial charge in [-0.1, -0.05) is 0 Å². The summed E-state index contributed by atoms with van der Waals surface area (Å²) in [7, 11) is 0. The number of aromatic nitrogens is 2. The van der Waals surface area contributed by atoms with Crippen LogP contribution < -0.4 is 10.6 Å². The van der Waals surface area contributed by atoms with Gasteiger partial charge in [0.15, 0.2) is 11.6 Å². The number of nitrogens with zero attached hydrogens (tertiary/aromatic N) is 3. The largest absolute Gasteiger partial charge is 0.365 e. The molecule has 6 nitrogen and oxygen atoms in total. The zero-order chi connectivity index (χ0) is 16.2. The average molecular weight is 342 g/mol. The van der Waals surface area contributed by atoms with Gasteiger partial charge in [-0.2, -0.15) is 4.98 Å². The molecule has 0 radical (unpaired) electrons. The predicted octanol–water partition coefficient (Wildman–Crippen LogP) is 2.80. The van der Waals surface area contributed by atoms with Crippen LogP contribution in [0.15, 0.2) is 6.20 Å². The lowest BCUT2D eigenvalue weighted by atomic mass is 9.91. The highest BCUT2D eigenvalue weighted by Crippen LogP contribution is 2.23. The molecule has 126 valence electrons. The van der Waals surface area contributed by atoms with Crippen molar-refractivity contribution in [2.75, 3.05) is 18.4 Å². The van der Waals surface area contributed by atoms with Gasteiger partial charge in [-0.05, 0) is 50.1 Å². The number of hydrogen-bond donors (Lipinski definition) is 2. The summed E-state index contributed by atoms with van der Waals surface area (Å²) in [5.74, 6) is -0.390. The average Bonchev–Trinajstić information content (AvgIpc) is 3.06. The number of anilines is 1. The number of carbonyl (C=O) groups is 1. The van der Waals surface area contributed by atoms with Crippen LogP contribution in [-0.4, -0.2) is 46.1 Å². The van der Waals surface area contributed by atoms with Gasteiger partial charge in [0.2, 0.25) is 5.28 Å². The number of halogens is 2. The number of nitrogens with one attached hydrogen (secondary N) is 2. The van der Waals surface area contributed by atoms with E-state index in [0.717, 1.165) is 57.8 Å². The molecule has 0 unspecified atom stereocenters. The van der Waals surface area contributed by atoms with Crippen molar-refractivity contribution in [3.8, 4) is 0 Å². The summed E-state index contributed by atoms with van der Waals surface area (Å²) in [6.07, 6.45) is 6.81. The monoisotopic (exact) mass is 341 g/mol. The summed E-state index contributed by atoms with van der Waals surface area (Å²) in [5.41, 5.74) is 0. The van der Waals surface area contributed by atoms with E-state index in [1.54, 1.807) is 0 Å². The lowest BCUT2D eigenvalue weighted by molar-refractivity contribution is 0.199. The molecule has 0 aromatic carbocycles. The quantitative estimate of drug-likeness (QED) is 0.829. The molecule has 1 aromatic rings. The highest BCUT2D eigenvalue weighted by molar-refractivity contribution is 6.28. The maximum absolute atomic E-state index is 13.7. The fourth-order valence-corrected chi connectivity index (χ4v) is 3.41. The van der Waals surface area contributed by atoms with E-state index in [1.807, 2.05) is 4.90 Å². The Labute approximate surface area is 139 Å². The summed E-state index contributed by atoms with van der Waals surface area (Å²) in [6, 6.07) is 0.187. The second kappa shape index (κ2) is 7.29. The molecule has 8 heteroatoms. The first kappa shape index (κ1) is 16.2. The van der Waals surface area contributed by atoms with Gasteiger partial charge in [-0.15, -0.1) is 0 Å². The van der Waals surface area contributed by atoms with Crippen molar-refractivity contribution < 1.29 is 9.18 Å². The van der Waals surface area contributed by atoms with E-state index < -0.39 is 5.82 Å². The number of rotatable bonds is 3. The number of hydrogen-bond acceptors (Lipinski definition) is 4. The highest BCUT2D eigenvalue weighted by Gasteiger charge is 2.26. The topological polar surface area (TPSA) is 70.1 Å². The third-order valence-corrected chi connectivity index (χ3v) is 4.63. The minimum absolute atomic E-state index is 0.0172. The summed E-state index contributed by atoms with van der Waals surface area (Å²) < 4.78 is 13.7. The van der Waals surface area contributed by atoms with Crippen LogP contribution in [0.4, 0.5) is 15.0 Å². The molecular formula is C15H21ClFN5O. The molecule has 1 saturated heterocycles. The van der Waals surface area contributed by atoms with Crippen LogP contribution in [0, 0.1) is 5.82 Å². The number of urea groups is 1. The van der Waals surface area contributed by atoms with Crippen molar-refractivity contribution in [2.45, 2.75) is 50.6 Å². The SMILES string of the molecule is O=C(N[C@H]1CCC[C@@H](Nc2nc(Cl)ncc2F)C1)N1CCCC1. The van der Waals surface area contributed by atoms with E-state index in [1.165, 1.54) is 0 Å². The molecule has 1 aliphatic carbocycles. The summed E-state index contributed by atoms with van der Waals surface area (Å²) in [5, 5.41) is 6.20. The predicted molar refractivity (Wildman–Crippen MR) is 86.0 cm³/mol. The van der Waals surface area contributed by atoms with Gasteiger partial charge in [-0.25, -0.2) is 14.2 Å². The van der Waals surface area contributed by atoms with Gasteiger partial charge in [0.05, 0.1) is 6.20 Å². The van der Waals surface area contributed by atoms with Crippen LogP contribution in [0.3, 0.4) is 0 Å². The molecule has 0 spiro atoms. The molecule has 3 rings (SSSR count). The summed E-state index contributed by atoms with van der Waals surface area (Å²) >= 11 is 5.71. The van der Waals surface area contributed by atoms with Crippen LogP contribution in [0.1, 0.15) is 38.5 Å². The standard InChI is InChI=1S/C15H21ClFN5O/c16-14-18-9-12(17)13(21-14)19-10-4-3-5-11(8-10)20-15(23)22-6-1-2-7-22/h9-11H,1-8H2,(H,20,23)(H,18,19,21)/t10-,11+/m1/s1. The summed E-state index contributed by atoms with van der Waals surface area (Å²) in [6.45, 7) is 1.68. The van der Waals surface area contributed by atoms with Crippen LogP contribution in [0.5, 0.6) is 0 Å². The number of amides is 2. The molecule has 2 amide bonds. The first-order valence-corrected chi connectivity index (χ1v) is 8.49. The van der Waals surface area contributed by atoms with Crippen molar-refractivity contribution in [3.05, 3.63) is 17.3 Å². The maximum atomic E-state index is 13.7. The van der Waals surface area contributed by atoms with E-state index in [9.17, 15) is 9.18 Å². The van der Waals surface area contributed by atoms with Crippen molar-refractivity contribution >= 4 is 23.4 Å². The van der Waals surface area contributed by atoms with Crippen LogP contribution in [0.2, 0.25) is 5.28 Å². The minimum Gasteiger partial charge on any atom is -0.365 e. The fraction of sp³-hybridized carbons (Fsp3) is 0.667. The Kier molecular flexibility index (Phi) is 5.15. The van der Waals surface area contributed by atoms with Crippen LogP contribution in [-0.2, 0) is 0 Å². The zero-order valence-corrected chi connectivity index (χ0v) is 13.7. The first-order valence-electron chi connectivity index (χ1n) is 8.12. The van der Waals surface area contributed by atoms with E-state index >= 15 is 0 Å². The van der Waals surface area contributed by atoms with Gasteiger partial charge >= 0.3 is 6.03 Å². The van der Waals surface area contributed by atoms with E-state index in [2.05, 4.69) is 20.6 Å². The lowest BCUT2D eigenvalue weighted by Crippen LogP contribution is -2.47. The molecule has 1 aromatic heterocycles. The van der Waals surface area contributed by atoms with Crippen LogP contribution in [0.25, 0.3) is 0 Å². The lowest BCUT2D eigenvalue weighted by Gasteiger charge is -2.31. The van der Waals surface area contributed by atoms with Gasteiger partial charge in [0.25, 0.3) is 0 Å². The van der Waals surface area contributed by atoms with Crippen molar-refractivity contribution in [3.63, 3.8) is 0 Å². The molecule has 0 bridgehead atoms. The Morgan fingerprint density at radius 1 is 1.26 bits per heavy atom. The normalized spacial score (nSPS) is 24.5. The molecule has 1 saturated carbocycles. The molecule has 2 aliphatic rings. The first-order chi connectivity index (χ1) is 11.1. The fourth-order valence-electron chi connectivity index (χ4n) is 3.28. The molecule has 2 N–H and O–H groups in total. The smallest absolute Gasteiger partial charge is 0.317 e. The van der Waals surface area contributed by atoms with E-state index in [-0.39, 0.29) is 29.2 Å². The van der Waals surface area contributed by atoms with E-state index in [4.69, 9.17) is 11.6 Å². The highest BCUT2D eigenvalue weighted by atomic mass is 35.5. The van der Waals surface area contributed by atoms with E-state index in [0.29, 0.717) is 0 Å². The zero-order valence-electron chi connectivity index (χ0n) is 12.9. The molecule has 2 atom stereocenters. The van der Waals surface area contributed by atoms with Crippen molar-refractivity contribution in [2.24, 2.45) is 0 Å². The van der Waals surface area contributed by atoms with Crippen LogP contribution >= 0.6 is 11.6 Å². The molecular weight excluding hydrogens is 321 g/mol. The molecule has 23 heavy (non-hydrogen) atoms. The molecule has 2 fully saturated rings. The molecule has 2 heterocycles. The van der Waals surface area contributed by atoms with Gasteiger partial charge in [-0.3, -0.25) is 0 Å². The molecule has 1 aliphatic heterocycles. The van der Waals surface area contributed by atoms with Crippen molar-refractivity contribution in [1.82, 2.24) is 20.2 Å².